The summed E-state index contributed by atoms with van der Waals surface area (Å²) in [4.78, 5) is 46.9. The van der Waals surface area contributed by atoms with Gasteiger partial charge in [-0.15, -0.1) is 0 Å². The Morgan fingerprint density at radius 2 is 1.25 bits per heavy atom. The van der Waals surface area contributed by atoms with Gasteiger partial charge in [0.2, 0.25) is 0 Å². The Morgan fingerprint density at radius 3 is 1.89 bits per heavy atom. The Balaban J connectivity index is 0.937. The Labute approximate surface area is 331 Å². The molecule has 7 rings (SSSR count). The first-order valence-electron chi connectivity index (χ1n) is 20.8. The van der Waals surface area contributed by atoms with Crippen LogP contribution in [0.15, 0.2) is 36.4 Å². The SMILES string of the molecule is CC(C)(C)OC(=O)N1CC[C@H](Oc2ccc(C(=O)N3CCC(Oc4cc(F)cc(N5C[C@H]6CN(C(=O)OC(C)(C)C)C[C@H]6C5)c4)CC3)cc2C2CCCCC2)C1. The van der Waals surface area contributed by atoms with E-state index in [0.29, 0.717) is 81.2 Å². The van der Waals surface area contributed by atoms with E-state index < -0.39 is 11.2 Å². The number of anilines is 1. The van der Waals surface area contributed by atoms with Crippen molar-refractivity contribution < 1.29 is 37.7 Å². The van der Waals surface area contributed by atoms with E-state index in [4.69, 9.17) is 18.9 Å². The molecule has 11 nitrogen and oxygen atoms in total. The van der Waals surface area contributed by atoms with E-state index in [9.17, 15) is 18.8 Å². The molecule has 0 radical (unpaired) electrons. The van der Waals surface area contributed by atoms with Crippen molar-refractivity contribution in [3.8, 4) is 11.5 Å². The predicted molar refractivity (Wildman–Crippen MR) is 212 cm³/mol. The Morgan fingerprint density at radius 1 is 0.643 bits per heavy atom. The molecule has 306 valence electrons. The van der Waals surface area contributed by atoms with E-state index in [0.717, 1.165) is 62.2 Å². The van der Waals surface area contributed by atoms with E-state index in [1.165, 1.54) is 12.5 Å². The number of amides is 3. The third-order valence-corrected chi connectivity index (χ3v) is 11.8. The molecule has 56 heavy (non-hydrogen) atoms. The average molecular weight is 777 g/mol. The molecular weight excluding hydrogens is 716 g/mol. The number of nitrogens with zero attached hydrogens (tertiary/aromatic N) is 4. The smallest absolute Gasteiger partial charge is 0.410 e. The maximum atomic E-state index is 15.0. The van der Waals surface area contributed by atoms with Crippen molar-refractivity contribution in [3.05, 3.63) is 53.3 Å². The Kier molecular flexibility index (Phi) is 11.7. The number of likely N-dealkylation sites (tertiary alicyclic amines) is 3. The van der Waals surface area contributed by atoms with E-state index in [2.05, 4.69) is 4.90 Å². The number of fused-ring (bicyclic) bond motifs is 1. The molecule has 2 aromatic rings. The number of benzene rings is 2. The number of hydrogen-bond donors (Lipinski definition) is 0. The van der Waals surface area contributed by atoms with Gasteiger partial charge < -0.3 is 38.5 Å². The monoisotopic (exact) mass is 776 g/mol. The third kappa shape index (κ3) is 9.83. The molecule has 0 unspecified atom stereocenters. The molecule has 5 fully saturated rings. The third-order valence-electron chi connectivity index (χ3n) is 11.8. The van der Waals surface area contributed by atoms with Crippen LogP contribution in [-0.4, -0.2) is 109 Å². The van der Waals surface area contributed by atoms with E-state index in [1.807, 2.05) is 70.7 Å². The Hall–Kier alpha value is -4.22. The first kappa shape index (κ1) is 40.0. The summed E-state index contributed by atoms with van der Waals surface area (Å²) in [5.41, 5.74) is 1.47. The van der Waals surface area contributed by atoms with Crippen molar-refractivity contribution >= 4 is 23.8 Å². The first-order chi connectivity index (χ1) is 26.6. The van der Waals surface area contributed by atoms with Crippen LogP contribution in [0.3, 0.4) is 0 Å². The lowest BCUT2D eigenvalue weighted by Crippen LogP contribution is -2.41. The highest BCUT2D eigenvalue weighted by atomic mass is 19.1. The topological polar surface area (TPSA) is 101 Å². The minimum Gasteiger partial charge on any atom is -0.490 e. The molecule has 4 heterocycles. The van der Waals surface area contributed by atoms with Gasteiger partial charge in [-0.2, -0.15) is 0 Å². The standard InChI is InChI=1S/C44H61FN4O7/c1-43(2,3)55-41(51)47-19-16-36(28-47)54-39-13-12-30(20-38(39)29-10-8-7-9-11-29)40(50)46-17-14-35(15-18-46)53-37-22-33(45)21-34(23-37)48-24-31-26-49(27-32(31)25-48)42(52)56-44(4,5)6/h12-13,20-23,29,31-32,35-36H,7-11,14-19,24-28H2,1-6H3/t31-,32+,36-/m0/s1. The fourth-order valence-electron chi connectivity index (χ4n) is 9.05. The highest BCUT2D eigenvalue weighted by Gasteiger charge is 2.43. The van der Waals surface area contributed by atoms with Crippen LogP contribution in [0.2, 0.25) is 0 Å². The van der Waals surface area contributed by atoms with Gasteiger partial charge in [0.25, 0.3) is 5.91 Å². The summed E-state index contributed by atoms with van der Waals surface area (Å²) in [7, 11) is 0. The molecule has 2 aromatic carbocycles. The quantitative estimate of drug-likeness (QED) is 0.277. The van der Waals surface area contributed by atoms with Gasteiger partial charge in [0.1, 0.15) is 40.7 Å². The number of carbonyl (C=O) groups is 3. The van der Waals surface area contributed by atoms with E-state index >= 15 is 0 Å². The molecule has 1 saturated carbocycles. The molecule has 0 N–H and O–H groups in total. The molecule has 3 atom stereocenters. The van der Waals surface area contributed by atoms with E-state index in [-0.39, 0.29) is 36.1 Å². The number of hydrogen-bond acceptors (Lipinski definition) is 8. The number of piperidine rings is 1. The molecule has 4 saturated heterocycles. The maximum Gasteiger partial charge on any atom is 0.410 e. The van der Waals surface area contributed by atoms with Gasteiger partial charge in [-0.1, -0.05) is 19.3 Å². The lowest BCUT2D eigenvalue weighted by molar-refractivity contribution is 0.0268. The Bertz CT molecular complexity index is 1730. The lowest BCUT2D eigenvalue weighted by atomic mass is 9.83. The van der Waals surface area contributed by atoms with E-state index in [1.54, 1.807) is 15.9 Å². The van der Waals surface area contributed by atoms with Gasteiger partial charge in [0.05, 0.1) is 6.54 Å². The lowest BCUT2D eigenvalue weighted by Gasteiger charge is -2.33. The second-order valence-corrected chi connectivity index (χ2v) is 18.6. The summed E-state index contributed by atoms with van der Waals surface area (Å²) >= 11 is 0. The van der Waals surface area contributed by atoms with Crippen molar-refractivity contribution in [2.75, 3.05) is 57.3 Å². The van der Waals surface area contributed by atoms with Crippen molar-refractivity contribution in [1.82, 2.24) is 14.7 Å². The second kappa shape index (κ2) is 16.3. The van der Waals surface area contributed by atoms with Crippen LogP contribution in [0.4, 0.5) is 19.7 Å². The molecule has 3 amide bonds. The minimum absolute atomic E-state index is 0.00175. The van der Waals surface area contributed by atoms with Gasteiger partial charge in [-0.05, 0) is 90.1 Å². The fraction of sp³-hybridized carbons (Fsp3) is 0.659. The van der Waals surface area contributed by atoms with Crippen molar-refractivity contribution in [2.24, 2.45) is 11.8 Å². The number of ether oxygens (including phenoxy) is 4. The highest BCUT2D eigenvalue weighted by molar-refractivity contribution is 5.94. The molecule has 4 aliphatic heterocycles. The number of carbonyl (C=O) groups excluding carboxylic acids is 3. The van der Waals surface area contributed by atoms with Crippen LogP contribution in [0.25, 0.3) is 0 Å². The summed E-state index contributed by atoms with van der Waals surface area (Å²) in [6.45, 7) is 16.2. The number of rotatable bonds is 7. The molecule has 1 aliphatic carbocycles. The summed E-state index contributed by atoms with van der Waals surface area (Å²) in [5.74, 6) is 1.92. The van der Waals surface area contributed by atoms with Crippen LogP contribution in [0.1, 0.15) is 115 Å². The van der Waals surface area contributed by atoms with Crippen LogP contribution in [0.5, 0.6) is 11.5 Å². The molecule has 5 aliphatic rings. The molecule has 0 aromatic heterocycles. The van der Waals surface area contributed by atoms with Crippen LogP contribution >= 0.6 is 0 Å². The van der Waals surface area contributed by atoms with Gasteiger partial charge >= 0.3 is 12.2 Å². The maximum absolute atomic E-state index is 15.0. The normalized spacial score (nSPS) is 23.7. The zero-order valence-electron chi connectivity index (χ0n) is 34.2. The van der Waals surface area contributed by atoms with Gasteiger partial charge in [-0.3, -0.25) is 4.79 Å². The second-order valence-electron chi connectivity index (χ2n) is 18.6. The molecule has 0 spiro atoms. The summed E-state index contributed by atoms with van der Waals surface area (Å²) < 4.78 is 39.1. The zero-order valence-corrected chi connectivity index (χ0v) is 34.2. The predicted octanol–water partition coefficient (Wildman–Crippen LogP) is 8.25. The van der Waals surface area contributed by atoms with Gasteiger partial charge in [-0.25, -0.2) is 14.0 Å². The first-order valence-corrected chi connectivity index (χ1v) is 20.8. The highest BCUT2D eigenvalue weighted by Crippen LogP contribution is 2.40. The number of halogens is 1. The van der Waals surface area contributed by atoms with Crippen molar-refractivity contribution in [3.63, 3.8) is 0 Å². The van der Waals surface area contributed by atoms with Crippen LogP contribution in [0, 0.1) is 17.7 Å². The summed E-state index contributed by atoms with van der Waals surface area (Å²) in [5, 5.41) is 0. The molecule has 12 heteroatoms. The fourth-order valence-corrected chi connectivity index (χ4v) is 9.05. The van der Waals surface area contributed by atoms with Crippen LogP contribution in [-0.2, 0) is 9.47 Å². The molecular formula is C44H61FN4O7. The molecule has 0 bridgehead atoms. The van der Waals surface area contributed by atoms with Crippen molar-refractivity contribution in [1.29, 1.82) is 0 Å². The van der Waals surface area contributed by atoms with Gasteiger partial charge in [0, 0.05) is 100 Å². The summed E-state index contributed by atoms with van der Waals surface area (Å²) in [6, 6.07) is 10.8. The summed E-state index contributed by atoms with van der Waals surface area (Å²) in [6.07, 6.45) is 6.87. The zero-order chi connectivity index (χ0) is 39.8. The van der Waals surface area contributed by atoms with Crippen LogP contribution < -0.4 is 14.4 Å². The largest absolute Gasteiger partial charge is 0.490 e. The minimum atomic E-state index is -0.550. The van der Waals surface area contributed by atoms with Gasteiger partial charge in [0.15, 0.2) is 0 Å². The van der Waals surface area contributed by atoms with Crippen molar-refractivity contribution in [2.45, 2.75) is 122 Å². The average Bonchev–Trinajstić information content (AvgIpc) is 3.87.